The fourth-order valence-electron chi connectivity index (χ4n) is 9.78. The Morgan fingerprint density at radius 1 is 0.833 bits per heavy atom. The number of unbranched alkanes of at least 4 members (excludes halogenated alkanes) is 1. The summed E-state index contributed by atoms with van der Waals surface area (Å²) in [5, 5.41) is 21.2. The summed E-state index contributed by atoms with van der Waals surface area (Å²) in [6, 6.07) is 3.58. The van der Waals surface area contributed by atoms with Gasteiger partial charge in [0.15, 0.2) is 6.10 Å². The molecular formula is C63H101N11O14S2. The molecule has 9 atom stereocenters. The first kappa shape index (κ1) is 77.7. The van der Waals surface area contributed by atoms with Crippen molar-refractivity contribution >= 4 is 88.1 Å². The van der Waals surface area contributed by atoms with Crippen LogP contribution < -0.4 is 37.2 Å². The number of likely N-dealkylation sites (tertiary alicyclic amines) is 1. The van der Waals surface area contributed by atoms with Crippen LogP contribution in [0.1, 0.15) is 153 Å². The summed E-state index contributed by atoms with van der Waals surface area (Å²) in [6.07, 6.45) is 2.96. The number of likely N-dealkylation sites (N-methyl/N-ethyl adjacent to an activating group) is 2. The van der Waals surface area contributed by atoms with E-state index in [0.717, 1.165) is 27.4 Å². The number of carbonyl (C=O) groups is 11. The van der Waals surface area contributed by atoms with Gasteiger partial charge in [-0.2, -0.15) is 11.8 Å². The normalized spacial score (nSPS) is 16.0. The van der Waals surface area contributed by atoms with E-state index in [2.05, 4.69) is 37.2 Å². The SMILES string of the molecule is CCC(C)[C@H](NC(=O)C(C)(C)N(C)C)C(=O)N(CC)[C@H](C[C@@H](OC(C)=O)c1nc(C(=O)N[C@@H](Cc2ccc(C)cc2)CC(C)C(=O)NC(C)C(=O)NC(CCCCNC(=O)COCCOC)C(=O)NCCNC(=O)CCN2C(=O)CC(SC)C2=O)cs1)C(C)C. The van der Waals surface area contributed by atoms with Gasteiger partial charge in [0.1, 0.15) is 35.4 Å². The average Bonchev–Trinajstić information content (AvgIpc) is 2.31. The molecule has 504 valence electrons. The third-order valence-corrected chi connectivity index (χ3v) is 18.0. The van der Waals surface area contributed by atoms with Crippen molar-refractivity contribution in [3.8, 4) is 0 Å². The van der Waals surface area contributed by atoms with E-state index in [1.807, 2.05) is 65.8 Å². The van der Waals surface area contributed by atoms with Gasteiger partial charge >= 0.3 is 5.97 Å². The molecule has 10 amide bonds. The predicted molar refractivity (Wildman–Crippen MR) is 345 cm³/mol. The summed E-state index contributed by atoms with van der Waals surface area (Å²) < 4.78 is 16.1. The van der Waals surface area contributed by atoms with Crippen LogP contribution in [0, 0.1) is 24.7 Å². The maximum absolute atomic E-state index is 14.6. The third kappa shape index (κ3) is 25.3. The Bertz CT molecular complexity index is 2710. The number of rotatable bonds is 41. The van der Waals surface area contributed by atoms with Crippen molar-refractivity contribution < 1.29 is 67.0 Å². The number of methoxy groups -OCH3 is 1. The molecule has 0 spiro atoms. The molecule has 1 aromatic heterocycles. The average molecular weight is 1300 g/mol. The fraction of sp³-hybridized carbons (Fsp3) is 0.683. The molecule has 2 heterocycles. The zero-order valence-corrected chi connectivity index (χ0v) is 57.1. The van der Waals surface area contributed by atoms with Gasteiger partial charge in [-0.25, -0.2) is 4.98 Å². The number of thioether (sulfide) groups is 1. The van der Waals surface area contributed by atoms with Crippen molar-refractivity contribution in [3.63, 3.8) is 0 Å². The maximum Gasteiger partial charge on any atom is 0.303 e. The number of esters is 1. The molecule has 5 unspecified atom stereocenters. The fourth-order valence-corrected chi connectivity index (χ4v) is 11.3. The predicted octanol–water partition coefficient (Wildman–Crippen LogP) is 3.61. The molecule has 2 aromatic rings. The second-order valence-corrected chi connectivity index (χ2v) is 25.9. The van der Waals surface area contributed by atoms with Crippen molar-refractivity contribution in [2.24, 2.45) is 17.8 Å². The molecule has 0 bridgehead atoms. The van der Waals surface area contributed by atoms with E-state index in [0.29, 0.717) is 43.8 Å². The van der Waals surface area contributed by atoms with Crippen LogP contribution in [0.2, 0.25) is 0 Å². The lowest BCUT2D eigenvalue weighted by Gasteiger charge is -2.40. The molecule has 1 aromatic carbocycles. The number of thiazole rings is 1. The Hall–Kier alpha value is -6.55. The second kappa shape index (κ2) is 39.0. The number of nitrogens with one attached hydrogen (secondary N) is 7. The standard InChI is InChI=1S/C63H101N11O14S2/c1-16-40(6)54(71-62(85)63(10,11)72(12)13)61(84)73(17-2)48(38(3)4)34-49(88-43(9)75)59-70-47(37-90-59)58(82)68-45(33-44-23-21-39(5)22-24-44)32-41(7)55(79)67-42(8)56(80)69-46(20-18-19-26-64-52(77)36-87-31-30-86-14)57(81)66-28-27-65-51(76)25-29-74-53(78)35-50(89-15)60(74)83/h21-24,37-38,40-42,45-46,48-50,54H,16-20,25-36H2,1-15H3,(H,64,77)(H,65,76)(H,66,81)(H,67,79)(H,68,82)(H,69,80)(H,71,85)/t40?,41?,42?,45-,46?,48-,49-,50?,54+/m1/s1. The topological polar surface area (TPSA) is 322 Å². The summed E-state index contributed by atoms with van der Waals surface area (Å²) in [4.78, 5) is 156. The van der Waals surface area contributed by atoms with Crippen LogP contribution in [0.15, 0.2) is 29.6 Å². The largest absolute Gasteiger partial charge is 0.455 e. The van der Waals surface area contributed by atoms with Crippen molar-refractivity contribution in [1.29, 1.82) is 0 Å². The van der Waals surface area contributed by atoms with Crippen LogP contribution in [0.3, 0.4) is 0 Å². The first-order chi connectivity index (χ1) is 42.5. The minimum absolute atomic E-state index is 0.0119. The van der Waals surface area contributed by atoms with Gasteiger partial charge in [0.2, 0.25) is 53.2 Å². The van der Waals surface area contributed by atoms with Crippen LogP contribution >= 0.6 is 23.1 Å². The van der Waals surface area contributed by atoms with E-state index >= 15 is 0 Å². The Morgan fingerprint density at radius 3 is 2.10 bits per heavy atom. The number of hydrogen-bond donors (Lipinski definition) is 7. The molecule has 0 aliphatic carbocycles. The highest BCUT2D eigenvalue weighted by atomic mass is 32.2. The van der Waals surface area contributed by atoms with E-state index in [4.69, 9.17) is 19.2 Å². The molecule has 27 heteroatoms. The van der Waals surface area contributed by atoms with Gasteiger partial charge in [0, 0.05) is 89.4 Å². The lowest BCUT2D eigenvalue weighted by atomic mass is 9.91. The molecule has 3 rings (SSSR count). The molecular weight excluding hydrogens is 1200 g/mol. The van der Waals surface area contributed by atoms with Gasteiger partial charge in [-0.3, -0.25) is 62.5 Å². The van der Waals surface area contributed by atoms with Gasteiger partial charge in [-0.1, -0.05) is 70.9 Å². The number of nitrogens with zero attached hydrogens (tertiary/aromatic N) is 4. The Morgan fingerprint density at radius 2 is 1.50 bits per heavy atom. The Balaban J connectivity index is 1.77. The van der Waals surface area contributed by atoms with Gasteiger partial charge < -0.3 is 56.3 Å². The lowest BCUT2D eigenvalue weighted by molar-refractivity contribution is -0.150. The molecule has 90 heavy (non-hydrogen) atoms. The quantitative estimate of drug-likeness (QED) is 0.0284. The number of amides is 10. The number of hydrogen-bond acceptors (Lipinski definition) is 18. The summed E-state index contributed by atoms with van der Waals surface area (Å²) in [6.45, 7) is 20.6. The zero-order chi connectivity index (χ0) is 67.4. The molecule has 7 N–H and O–H groups in total. The molecule has 0 saturated carbocycles. The first-order valence-electron chi connectivity index (χ1n) is 31.1. The smallest absolute Gasteiger partial charge is 0.303 e. The third-order valence-electron chi connectivity index (χ3n) is 16.1. The van der Waals surface area contributed by atoms with Gasteiger partial charge in [0.05, 0.1) is 24.0 Å². The summed E-state index contributed by atoms with van der Waals surface area (Å²) in [7, 11) is 5.12. The summed E-state index contributed by atoms with van der Waals surface area (Å²) >= 11 is 2.41. The minimum atomic E-state index is -1.13. The monoisotopic (exact) mass is 1300 g/mol. The number of carbonyl (C=O) groups excluding carboxylic acids is 11. The highest BCUT2D eigenvalue weighted by Gasteiger charge is 2.41. The van der Waals surface area contributed by atoms with Crippen LogP contribution in [0.25, 0.3) is 0 Å². The summed E-state index contributed by atoms with van der Waals surface area (Å²) in [5.74, 6) is -5.94. The van der Waals surface area contributed by atoms with Crippen LogP contribution in [-0.2, 0) is 68.6 Å². The van der Waals surface area contributed by atoms with E-state index in [9.17, 15) is 52.7 Å². The van der Waals surface area contributed by atoms with Crippen molar-refractivity contribution in [2.75, 3.05) is 80.0 Å². The highest BCUT2D eigenvalue weighted by Crippen LogP contribution is 2.32. The maximum atomic E-state index is 14.6. The minimum Gasteiger partial charge on any atom is -0.455 e. The van der Waals surface area contributed by atoms with Crippen LogP contribution in [0.4, 0.5) is 0 Å². The van der Waals surface area contributed by atoms with Gasteiger partial charge in [-0.05, 0) is 104 Å². The lowest BCUT2D eigenvalue weighted by Crippen LogP contribution is -2.60. The van der Waals surface area contributed by atoms with Crippen LogP contribution in [-0.4, -0.2) is 206 Å². The number of ether oxygens (including phenoxy) is 3. The van der Waals surface area contributed by atoms with Crippen LogP contribution in [0.5, 0.6) is 0 Å². The molecule has 0 radical (unpaired) electrons. The summed E-state index contributed by atoms with van der Waals surface area (Å²) in [5.41, 5.74) is 1.05. The highest BCUT2D eigenvalue weighted by molar-refractivity contribution is 8.00. The van der Waals surface area contributed by atoms with Crippen molar-refractivity contribution in [2.45, 2.75) is 181 Å². The van der Waals surface area contributed by atoms with E-state index in [1.165, 1.54) is 32.7 Å². The molecule has 1 aliphatic heterocycles. The number of benzene rings is 1. The number of imide groups is 1. The van der Waals surface area contributed by atoms with Crippen molar-refractivity contribution in [1.82, 2.24) is 56.9 Å². The van der Waals surface area contributed by atoms with E-state index in [-0.39, 0.29) is 119 Å². The van der Waals surface area contributed by atoms with Crippen molar-refractivity contribution in [3.05, 3.63) is 51.5 Å². The molecule has 1 fully saturated rings. The van der Waals surface area contributed by atoms with Gasteiger partial charge in [0.25, 0.3) is 5.91 Å². The molecule has 25 nitrogen and oxygen atoms in total. The van der Waals surface area contributed by atoms with Gasteiger partial charge in [-0.15, -0.1) is 11.3 Å². The molecule has 1 aliphatic rings. The molecule has 1 saturated heterocycles. The Kier molecular flexibility index (Phi) is 33.7. The van der Waals surface area contributed by atoms with E-state index in [1.54, 1.807) is 56.3 Å². The Labute approximate surface area is 539 Å². The number of aromatic nitrogens is 1. The number of aryl methyl sites for hydroxylation is 1. The zero-order valence-electron chi connectivity index (χ0n) is 55.5. The van der Waals surface area contributed by atoms with E-state index < -0.39 is 88.5 Å². The second-order valence-electron chi connectivity index (χ2n) is 24.0. The first-order valence-corrected chi connectivity index (χ1v) is 33.3.